The highest BCUT2D eigenvalue weighted by molar-refractivity contribution is 7.13. The van der Waals surface area contributed by atoms with Gasteiger partial charge < -0.3 is 16.0 Å². The molecule has 0 aliphatic carbocycles. The van der Waals surface area contributed by atoms with Crippen LogP contribution in [0.25, 0.3) is 0 Å². The van der Waals surface area contributed by atoms with Crippen molar-refractivity contribution in [3.63, 3.8) is 0 Å². The summed E-state index contributed by atoms with van der Waals surface area (Å²) < 4.78 is 39.0. The zero-order valence-electron chi connectivity index (χ0n) is 18.7. The molecule has 0 unspecified atom stereocenters. The van der Waals surface area contributed by atoms with Crippen LogP contribution in [0.2, 0.25) is 5.02 Å². The van der Waals surface area contributed by atoms with Crippen LogP contribution in [0.15, 0.2) is 47.4 Å². The fourth-order valence-corrected chi connectivity index (χ4v) is 3.55. The van der Waals surface area contributed by atoms with Gasteiger partial charge in [-0.05, 0) is 26.0 Å². The number of nitrogens with one attached hydrogen (secondary N) is 3. The molecule has 9 nitrogen and oxygen atoms in total. The summed E-state index contributed by atoms with van der Waals surface area (Å²) in [7, 11) is 1.42. The standard InChI is InChI=1S/C21H20ClF3N6O3S/c1-5-27-14(6-10(2)17(32)26-4)18(33)30-11(3)20-29-9-15(35-20)19(34)31-16-7-12(21(23,24)25)13(22)8-28-16/h5-9,11H,2H2,1,3-4H3,(H,26,32)(H,30,33)(H,28,31,34)/b14-6-,27-5-/t11-/m1/s1. The molecule has 14 heteroatoms. The smallest absolute Gasteiger partial charge is 0.355 e. The van der Waals surface area contributed by atoms with E-state index in [1.165, 1.54) is 25.5 Å². The lowest BCUT2D eigenvalue weighted by atomic mass is 10.2. The van der Waals surface area contributed by atoms with Gasteiger partial charge >= 0.3 is 6.18 Å². The summed E-state index contributed by atoms with van der Waals surface area (Å²) in [6, 6.07) is -0.0388. The van der Waals surface area contributed by atoms with Crippen molar-refractivity contribution in [2.45, 2.75) is 26.1 Å². The lowest BCUT2D eigenvalue weighted by Crippen LogP contribution is -2.28. The molecular formula is C21H20ClF3N6O3S. The van der Waals surface area contributed by atoms with Gasteiger partial charge in [0.2, 0.25) is 5.91 Å². The number of aromatic nitrogens is 2. The second-order valence-corrected chi connectivity index (χ2v) is 8.25. The molecule has 3 N–H and O–H groups in total. The van der Waals surface area contributed by atoms with E-state index in [0.717, 1.165) is 17.5 Å². The summed E-state index contributed by atoms with van der Waals surface area (Å²) in [6.07, 6.45) is -0.123. The maximum atomic E-state index is 13.0. The second kappa shape index (κ2) is 11.7. The third-order valence-corrected chi connectivity index (χ3v) is 5.68. The van der Waals surface area contributed by atoms with Gasteiger partial charge in [-0.25, -0.2) is 9.97 Å². The molecule has 0 radical (unpaired) electrons. The number of aliphatic imine (C=N–C) groups is 1. The van der Waals surface area contributed by atoms with Crippen molar-refractivity contribution in [3.05, 3.63) is 62.9 Å². The van der Waals surface area contributed by atoms with E-state index < -0.39 is 40.5 Å². The molecular weight excluding hydrogens is 509 g/mol. The number of alkyl halides is 3. The van der Waals surface area contributed by atoms with E-state index >= 15 is 0 Å². The Balaban J connectivity index is 2.13. The largest absolute Gasteiger partial charge is 0.418 e. The number of thiazole rings is 1. The molecule has 0 fully saturated rings. The number of rotatable bonds is 8. The van der Waals surface area contributed by atoms with Crippen molar-refractivity contribution in [1.29, 1.82) is 0 Å². The number of likely N-dealkylation sites (N-methyl/N-ethyl adjacent to an activating group) is 1. The highest BCUT2D eigenvalue weighted by Crippen LogP contribution is 2.35. The predicted molar refractivity (Wildman–Crippen MR) is 126 cm³/mol. The minimum absolute atomic E-state index is 0.0219. The zero-order chi connectivity index (χ0) is 26.3. The van der Waals surface area contributed by atoms with Gasteiger partial charge in [0.05, 0.1) is 22.8 Å². The summed E-state index contributed by atoms with van der Waals surface area (Å²) in [5.74, 6) is -2.19. The first-order valence-corrected chi connectivity index (χ1v) is 11.0. The average molecular weight is 529 g/mol. The Hall–Kier alpha value is -3.58. The quantitative estimate of drug-likeness (QED) is 0.272. The monoisotopic (exact) mass is 528 g/mol. The normalized spacial score (nSPS) is 12.8. The van der Waals surface area contributed by atoms with Gasteiger partial charge in [0.15, 0.2) is 0 Å². The fraction of sp³-hybridized carbons (Fsp3) is 0.238. The van der Waals surface area contributed by atoms with Crippen molar-refractivity contribution in [1.82, 2.24) is 20.6 Å². The number of amides is 3. The number of anilines is 1. The summed E-state index contributed by atoms with van der Waals surface area (Å²) in [4.78, 5) is 48.5. The molecule has 0 spiro atoms. The molecule has 0 aliphatic rings. The molecule has 35 heavy (non-hydrogen) atoms. The molecule has 2 rings (SSSR count). The number of hydrogen-bond donors (Lipinski definition) is 3. The molecule has 0 aromatic carbocycles. The van der Waals surface area contributed by atoms with Crippen LogP contribution >= 0.6 is 22.9 Å². The molecule has 2 heterocycles. The van der Waals surface area contributed by atoms with Crippen molar-refractivity contribution in [2.24, 2.45) is 4.99 Å². The maximum absolute atomic E-state index is 13.0. The van der Waals surface area contributed by atoms with E-state index in [4.69, 9.17) is 11.6 Å². The first-order chi connectivity index (χ1) is 16.4. The fourth-order valence-electron chi connectivity index (χ4n) is 2.52. The molecule has 0 bridgehead atoms. The van der Waals surface area contributed by atoms with Crippen LogP contribution in [-0.4, -0.2) is 41.0 Å². The van der Waals surface area contributed by atoms with Gasteiger partial charge in [-0.15, -0.1) is 11.3 Å². The number of carbonyl (C=O) groups excluding carboxylic acids is 3. The number of hydrogen-bond acceptors (Lipinski definition) is 7. The molecule has 2 aromatic rings. The SMILES string of the molecule is C=C(/C=C(\N=C/C)C(=O)N[C@H](C)c1ncc(C(=O)Nc2cc(C(F)(F)F)c(Cl)cn2)s1)C(=O)NC. The van der Waals surface area contributed by atoms with Crippen LogP contribution in [0.4, 0.5) is 19.0 Å². The summed E-state index contributed by atoms with van der Waals surface area (Å²) in [6.45, 7) is 6.77. The minimum atomic E-state index is -4.72. The van der Waals surface area contributed by atoms with Gasteiger partial charge in [0.25, 0.3) is 11.8 Å². The zero-order valence-corrected chi connectivity index (χ0v) is 20.2. The molecule has 0 aliphatic heterocycles. The number of nitrogens with zero attached hydrogens (tertiary/aromatic N) is 3. The highest BCUT2D eigenvalue weighted by atomic mass is 35.5. The lowest BCUT2D eigenvalue weighted by molar-refractivity contribution is -0.137. The van der Waals surface area contributed by atoms with Crippen LogP contribution in [-0.2, 0) is 15.8 Å². The van der Waals surface area contributed by atoms with E-state index in [1.54, 1.807) is 13.8 Å². The van der Waals surface area contributed by atoms with Crippen molar-refractivity contribution >= 4 is 52.7 Å². The predicted octanol–water partition coefficient (Wildman–Crippen LogP) is 3.92. The second-order valence-electron chi connectivity index (χ2n) is 6.78. The third kappa shape index (κ3) is 7.45. The van der Waals surface area contributed by atoms with Gasteiger partial charge in [0.1, 0.15) is 21.4 Å². The van der Waals surface area contributed by atoms with E-state index in [0.29, 0.717) is 11.1 Å². The molecule has 186 valence electrons. The van der Waals surface area contributed by atoms with Gasteiger partial charge in [0, 0.05) is 25.0 Å². The van der Waals surface area contributed by atoms with Crippen molar-refractivity contribution in [3.8, 4) is 0 Å². The average Bonchev–Trinajstić information content (AvgIpc) is 3.29. The summed E-state index contributed by atoms with van der Waals surface area (Å²) in [5.41, 5.74) is -1.19. The van der Waals surface area contributed by atoms with E-state index in [-0.39, 0.29) is 22.0 Å². The van der Waals surface area contributed by atoms with Crippen LogP contribution in [0.5, 0.6) is 0 Å². The Morgan fingerprint density at radius 1 is 1.23 bits per heavy atom. The Morgan fingerprint density at radius 3 is 2.51 bits per heavy atom. The first kappa shape index (κ1) is 27.7. The van der Waals surface area contributed by atoms with Crippen LogP contribution in [0.3, 0.4) is 0 Å². The van der Waals surface area contributed by atoms with E-state index in [2.05, 4.69) is 37.5 Å². The number of pyridine rings is 1. The Kier molecular flexibility index (Phi) is 9.25. The third-order valence-electron chi connectivity index (χ3n) is 4.20. The van der Waals surface area contributed by atoms with Crippen LogP contribution in [0, 0.1) is 0 Å². The first-order valence-electron chi connectivity index (χ1n) is 9.79. The van der Waals surface area contributed by atoms with E-state index in [1.807, 2.05) is 0 Å². The van der Waals surface area contributed by atoms with Gasteiger partial charge in [-0.2, -0.15) is 13.2 Å². The number of carbonyl (C=O) groups is 3. The van der Waals surface area contributed by atoms with Gasteiger partial charge in [-0.3, -0.25) is 19.4 Å². The van der Waals surface area contributed by atoms with Crippen LogP contribution < -0.4 is 16.0 Å². The molecule has 3 amide bonds. The van der Waals surface area contributed by atoms with Gasteiger partial charge in [-0.1, -0.05) is 18.2 Å². The minimum Gasteiger partial charge on any atom is -0.355 e. The van der Waals surface area contributed by atoms with Crippen molar-refractivity contribution < 1.29 is 27.6 Å². The Labute approximate surface area is 207 Å². The molecule has 0 saturated heterocycles. The lowest BCUT2D eigenvalue weighted by Gasteiger charge is -2.12. The topological polar surface area (TPSA) is 125 Å². The number of halogens is 4. The Morgan fingerprint density at radius 2 is 1.91 bits per heavy atom. The highest BCUT2D eigenvalue weighted by Gasteiger charge is 2.34. The maximum Gasteiger partial charge on any atom is 0.418 e. The van der Waals surface area contributed by atoms with Crippen LogP contribution in [0.1, 0.15) is 40.1 Å². The molecule has 2 aromatic heterocycles. The Bertz CT molecular complexity index is 1210. The molecule has 1 atom stereocenters. The summed E-state index contributed by atoms with van der Waals surface area (Å²) in [5, 5.41) is 7.03. The molecule has 0 saturated carbocycles. The summed E-state index contributed by atoms with van der Waals surface area (Å²) >= 11 is 6.45. The van der Waals surface area contributed by atoms with Crippen molar-refractivity contribution in [2.75, 3.05) is 12.4 Å². The van der Waals surface area contributed by atoms with E-state index in [9.17, 15) is 27.6 Å².